The van der Waals surface area contributed by atoms with Gasteiger partial charge in [0.25, 0.3) is 5.91 Å². The third kappa shape index (κ3) is 2.81. The van der Waals surface area contributed by atoms with Crippen LogP contribution in [0.25, 0.3) is 0 Å². The first-order chi connectivity index (χ1) is 6.25. The molecule has 1 rings (SSSR count). The van der Waals surface area contributed by atoms with Gasteiger partial charge in [0, 0.05) is 0 Å². The normalized spacial score (nSPS) is 21.5. The molecule has 1 heterocycles. The minimum absolute atomic E-state index is 0.398. The predicted octanol–water partition coefficient (Wildman–Crippen LogP) is 2.24. The van der Waals surface area contributed by atoms with Gasteiger partial charge in [-0.2, -0.15) is 5.11 Å². The van der Waals surface area contributed by atoms with Crippen LogP contribution >= 0.6 is 11.6 Å². The molecule has 4 nitrogen and oxygen atoms in total. The summed E-state index contributed by atoms with van der Waals surface area (Å²) in [6, 6.07) is 0. The fraction of sp³-hybridized carbons (Fsp3) is 0.625. The van der Waals surface area contributed by atoms with Crippen LogP contribution in [0.4, 0.5) is 0 Å². The Morgan fingerprint density at radius 2 is 2.46 bits per heavy atom. The number of ether oxygens (including phenoxy) is 1. The summed E-state index contributed by atoms with van der Waals surface area (Å²) in [6.07, 6.45) is 3.36. The first-order valence-electron chi connectivity index (χ1n) is 4.17. The van der Waals surface area contributed by atoms with Crippen molar-refractivity contribution in [2.24, 2.45) is 10.2 Å². The molecule has 0 saturated carbocycles. The van der Waals surface area contributed by atoms with Crippen LogP contribution in [0, 0.1) is 0 Å². The summed E-state index contributed by atoms with van der Waals surface area (Å²) in [6.45, 7) is 2.62. The highest BCUT2D eigenvalue weighted by atomic mass is 35.5. The van der Waals surface area contributed by atoms with Gasteiger partial charge in [-0.1, -0.05) is 13.3 Å². The highest BCUT2D eigenvalue weighted by Crippen LogP contribution is 2.17. The van der Waals surface area contributed by atoms with Gasteiger partial charge in [0.05, 0.1) is 12.8 Å². The number of hydrogen-bond acceptors (Lipinski definition) is 3. The number of unbranched alkanes of at least 4 members (excludes halogenated alkanes) is 1. The molecule has 1 unspecified atom stereocenters. The molecule has 0 radical (unpaired) electrons. The van der Waals surface area contributed by atoms with E-state index in [4.69, 9.17) is 16.3 Å². The Balaban J connectivity index is 2.44. The van der Waals surface area contributed by atoms with E-state index in [1.165, 1.54) is 6.20 Å². The van der Waals surface area contributed by atoms with E-state index in [0.717, 1.165) is 12.8 Å². The lowest BCUT2D eigenvalue weighted by Gasteiger charge is -2.13. The molecule has 0 spiro atoms. The van der Waals surface area contributed by atoms with E-state index in [9.17, 15) is 4.79 Å². The quantitative estimate of drug-likeness (QED) is 0.519. The van der Waals surface area contributed by atoms with Gasteiger partial charge in [0.2, 0.25) is 0 Å². The van der Waals surface area contributed by atoms with Crippen molar-refractivity contribution in [3.05, 3.63) is 12.0 Å². The maximum atomic E-state index is 10.9. The Morgan fingerprint density at radius 3 is 3.15 bits per heavy atom. The van der Waals surface area contributed by atoms with Crippen molar-refractivity contribution < 1.29 is 9.53 Å². The maximum Gasteiger partial charge on any atom is 0.290 e. The Hall–Kier alpha value is -0.900. The fourth-order valence-electron chi connectivity index (χ4n) is 0.825. The Morgan fingerprint density at radius 1 is 1.69 bits per heavy atom. The molecule has 0 aromatic carbocycles. The summed E-state index contributed by atoms with van der Waals surface area (Å²) < 4.78 is 5.26. The van der Waals surface area contributed by atoms with Gasteiger partial charge in [-0.15, -0.1) is 16.7 Å². The van der Waals surface area contributed by atoms with Crippen LogP contribution in [0.2, 0.25) is 0 Å². The number of azo groups is 1. The number of nitrogens with zero attached hydrogens (tertiary/aromatic N) is 2. The summed E-state index contributed by atoms with van der Waals surface area (Å²) in [7, 11) is 0. The second-order valence-electron chi connectivity index (χ2n) is 2.65. The fourth-order valence-corrected chi connectivity index (χ4v) is 0.988. The van der Waals surface area contributed by atoms with Crippen LogP contribution in [-0.4, -0.2) is 17.9 Å². The first kappa shape index (κ1) is 10.2. The molecule has 13 heavy (non-hydrogen) atoms. The van der Waals surface area contributed by atoms with Crippen molar-refractivity contribution in [1.82, 2.24) is 0 Å². The molecule has 1 amide bonds. The lowest BCUT2D eigenvalue weighted by molar-refractivity contribution is -0.118. The average molecular weight is 203 g/mol. The number of carbonyl (C=O) groups is 1. The smallest absolute Gasteiger partial charge is 0.290 e. The Kier molecular flexibility index (Phi) is 3.89. The molecule has 0 aliphatic carbocycles. The standard InChI is InChI=1S/C8H11ClN2O2/c1-2-3-4-13-6-5-10-11-8(12)7(6)9/h5,7H,2-4H2,1H3. The lowest BCUT2D eigenvalue weighted by Crippen LogP contribution is -2.19. The van der Waals surface area contributed by atoms with Gasteiger partial charge in [0.15, 0.2) is 5.38 Å². The van der Waals surface area contributed by atoms with E-state index in [0.29, 0.717) is 12.4 Å². The second-order valence-corrected chi connectivity index (χ2v) is 3.09. The van der Waals surface area contributed by atoms with Gasteiger partial charge >= 0.3 is 0 Å². The third-order valence-corrected chi connectivity index (χ3v) is 1.98. The number of halogens is 1. The number of carbonyl (C=O) groups excluding carboxylic acids is 1. The zero-order chi connectivity index (χ0) is 9.68. The molecule has 0 aromatic heterocycles. The highest BCUT2D eigenvalue weighted by molar-refractivity contribution is 6.32. The summed E-state index contributed by atoms with van der Waals surface area (Å²) in [5.41, 5.74) is 0. The van der Waals surface area contributed by atoms with Crippen LogP contribution in [-0.2, 0) is 9.53 Å². The Labute approximate surface area is 81.6 Å². The van der Waals surface area contributed by atoms with Crippen LogP contribution in [0.1, 0.15) is 19.8 Å². The largest absolute Gasteiger partial charge is 0.494 e. The summed E-state index contributed by atoms with van der Waals surface area (Å²) in [4.78, 5) is 10.9. The summed E-state index contributed by atoms with van der Waals surface area (Å²) >= 11 is 5.72. The van der Waals surface area contributed by atoms with E-state index >= 15 is 0 Å². The topological polar surface area (TPSA) is 51.0 Å². The molecule has 72 valence electrons. The van der Waals surface area contributed by atoms with Gasteiger partial charge in [-0.25, -0.2) is 0 Å². The van der Waals surface area contributed by atoms with Gasteiger partial charge in [-0.05, 0) is 6.42 Å². The highest BCUT2D eigenvalue weighted by Gasteiger charge is 2.24. The number of rotatable bonds is 4. The van der Waals surface area contributed by atoms with Crippen LogP contribution < -0.4 is 0 Å². The molecule has 0 N–H and O–H groups in total. The van der Waals surface area contributed by atoms with Crippen molar-refractivity contribution in [3.8, 4) is 0 Å². The molecule has 0 fully saturated rings. The van der Waals surface area contributed by atoms with Crippen molar-refractivity contribution in [2.75, 3.05) is 6.61 Å². The van der Waals surface area contributed by atoms with Crippen molar-refractivity contribution in [2.45, 2.75) is 25.1 Å². The molecule has 0 saturated heterocycles. The van der Waals surface area contributed by atoms with E-state index in [2.05, 4.69) is 17.2 Å². The minimum Gasteiger partial charge on any atom is -0.494 e. The van der Waals surface area contributed by atoms with Crippen LogP contribution in [0.15, 0.2) is 22.2 Å². The van der Waals surface area contributed by atoms with Crippen molar-refractivity contribution in [1.29, 1.82) is 0 Å². The minimum atomic E-state index is -0.797. The number of hydrogen-bond donors (Lipinski definition) is 0. The predicted molar refractivity (Wildman–Crippen MR) is 48.4 cm³/mol. The summed E-state index contributed by atoms with van der Waals surface area (Å²) in [5.74, 6) is -0.0641. The SMILES string of the molecule is CCCCOC1=CN=NC(=O)C1Cl. The van der Waals surface area contributed by atoms with Crippen molar-refractivity contribution in [3.63, 3.8) is 0 Å². The molecule has 1 atom stereocenters. The van der Waals surface area contributed by atoms with E-state index in [1.54, 1.807) is 0 Å². The molecular formula is C8H11ClN2O2. The van der Waals surface area contributed by atoms with Crippen LogP contribution in [0.3, 0.4) is 0 Å². The molecule has 0 bridgehead atoms. The van der Waals surface area contributed by atoms with E-state index < -0.39 is 11.3 Å². The number of alkyl halides is 1. The van der Waals surface area contributed by atoms with E-state index in [1.807, 2.05) is 0 Å². The molecule has 0 aromatic rings. The molecule has 1 aliphatic heterocycles. The first-order valence-corrected chi connectivity index (χ1v) is 4.61. The van der Waals surface area contributed by atoms with Gasteiger partial charge < -0.3 is 4.74 Å². The Bertz CT molecular complexity index is 251. The van der Waals surface area contributed by atoms with Crippen molar-refractivity contribution >= 4 is 17.5 Å². The maximum absolute atomic E-state index is 10.9. The third-order valence-electron chi connectivity index (χ3n) is 1.57. The zero-order valence-corrected chi connectivity index (χ0v) is 8.12. The molecule has 5 heteroatoms. The molecular weight excluding hydrogens is 192 g/mol. The van der Waals surface area contributed by atoms with E-state index in [-0.39, 0.29) is 0 Å². The van der Waals surface area contributed by atoms with Crippen LogP contribution in [0.5, 0.6) is 0 Å². The monoisotopic (exact) mass is 202 g/mol. The lowest BCUT2D eigenvalue weighted by atomic mass is 10.3. The second kappa shape index (κ2) is 4.97. The zero-order valence-electron chi connectivity index (χ0n) is 7.36. The van der Waals surface area contributed by atoms with Gasteiger partial charge in [0.1, 0.15) is 5.76 Å². The molecule has 1 aliphatic rings. The number of amides is 1. The average Bonchev–Trinajstić information content (AvgIpc) is 2.13. The summed E-state index contributed by atoms with van der Waals surface area (Å²) in [5, 5.41) is 5.96. The van der Waals surface area contributed by atoms with Gasteiger partial charge in [-0.3, -0.25) is 4.79 Å².